The Morgan fingerprint density at radius 2 is 1.02 bits per heavy atom. The first-order chi connectivity index (χ1) is 29.3. The van der Waals surface area contributed by atoms with Gasteiger partial charge in [0.2, 0.25) is 0 Å². The van der Waals surface area contributed by atoms with Gasteiger partial charge in [0.1, 0.15) is 5.82 Å². The fourth-order valence-corrected chi connectivity index (χ4v) is 12.1. The Bertz CT molecular complexity index is 3770. The summed E-state index contributed by atoms with van der Waals surface area (Å²) in [6.07, 6.45) is 0. The predicted molar refractivity (Wildman–Crippen MR) is 246 cm³/mol. The van der Waals surface area contributed by atoms with Crippen LogP contribution in [0.15, 0.2) is 188 Å². The number of benzene rings is 9. The van der Waals surface area contributed by atoms with E-state index in [4.69, 9.17) is 9.97 Å². The van der Waals surface area contributed by atoms with Crippen molar-refractivity contribution in [2.24, 2.45) is 0 Å². The van der Waals surface area contributed by atoms with Crippen molar-refractivity contribution in [3.8, 4) is 39.5 Å². The largest absolute Gasteiger partial charge is 0.293 e. The molecule has 59 heavy (non-hydrogen) atoms. The van der Waals surface area contributed by atoms with Crippen molar-refractivity contribution in [1.29, 1.82) is 0 Å². The van der Waals surface area contributed by atoms with Crippen molar-refractivity contribution in [2.75, 3.05) is 0 Å². The van der Waals surface area contributed by atoms with Gasteiger partial charge in [0.15, 0.2) is 5.82 Å². The topological polar surface area (TPSA) is 30.7 Å². The minimum Gasteiger partial charge on any atom is -0.293 e. The third-order valence-corrected chi connectivity index (χ3v) is 14.3. The lowest BCUT2D eigenvalue weighted by atomic mass is 9.70. The summed E-state index contributed by atoms with van der Waals surface area (Å²) < 4.78 is 5.05. The molecule has 2 aliphatic rings. The number of thiophene rings is 1. The van der Waals surface area contributed by atoms with E-state index in [9.17, 15) is 0 Å². The smallest absolute Gasteiger partial charge is 0.162 e. The third-order valence-electron chi connectivity index (χ3n) is 13.2. The highest BCUT2D eigenvalue weighted by molar-refractivity contribution is 7.25. The molecule has 0 saturated carbocycles. The van der Waals surface area contributed by atoms with Crippen molar-refractivity contribution in [3.05, 3.63) is 210 Å². The normalized spacial score (nSPS) is 13.6. The molecule has 0 amide bonds. The van der Waals surface area contributed by atoms with Gasteiger partial charge in [-0.1, -0.05) is 146 Å². The van der Waals surface area contributed by atoms with E-state index in [1.54, 1.807) is 0 Å². The average molecular weight is 766 g/mol. The van der Waals surface area contributed by atoms with Gasteiger partial charge in [-0.25, -0.2) is 9.97 Å². The van der Waals surface area contributed by atoms with Gasteiger partial charge in [-0.3, -0.25) is 4.57 Å². The van der Waals surface area contributed by atoms with E-state index >= 15 is 0 Å². The first-order valence-corrected chi connectivity index (χ1v) is 21.1. The second-order valence-electron chi connectivity index (χ2n) is 16.0. The molecule has 0 radical (unpaired) electrons. The fraction of sp³-hybridized carbons (Fsp3) is 0.0182. The Morgan fingerprint density at radius 1 is 0.441 bits per heavy atom. The van der Waals surface area contributed by atoms with Gasteiger partial charge < -0.3 is 0 Å². The summed E-state index contributed by atoms with van der Waals surface area (Å²) >= 11 is 1.83. The highest BCUT2D eigenvalue weighted by atomic mass is 32.1. The minimum absolute atomic E-state index is 0.565. The Labute approximate surface area is 343 Å². The van der Waals surface area contributed by atoms with E-state index in [1.807, 2.05) is 11.3 Å². The average Bonchev–Trinajstić information content (AvgIpc) is 4.02. The second kappa shape index (κ2) is 11.4. The molecule has 12 aromatic rings. The van der Waals surface area contributed by atoms with Gasteiger partial charge in [-0.2, -0.15) is 0 Å². The maximum Gasteiger partial charge on any atom is 0.162 e. The van der Waals surface area contributed by atoms with E-state index in [0.29, 0.717) is 5.82 Å². The van der Waals surface area contributed by atoms with Crippen molar-refractivity contribution in [2.45, 2.75) is 5.41 Å². The molecule has 0 fully saturated rings. The van der Waals surface area contributed by atoms with Gasteiger partial charge >= 0.3 is 0 Å². The van der Waals surface area contributed by atoms with Crippen molar-refractivity contribution < 1.29 is 0 Å². The zero-order chi connectivity index (χ0) is 38.4. The lowest BCUT2D eigenvalue weighted by molar-refractivity contribution is 0.797. The van der Waals surface area contributed by atoms with E-state index in [2.05, 4.69) is 193 Å². The molecule has 14 rings (SSSR count). The number of nitrogens with zero attached hydrogens (tertiary/aromatic N) is 3. The zero-order valence-corrected chi connectivity index (χ0v) is 32.5. The van der Waals surface area contributed by atoms with Crippen LogP contribution in [-0.2, 0) is 5.41 Å². The molecule has 0 aliphatic heterocycles. The molecule has 0 unspecified atom stereocenters. The van der Waals surface area contributed by atoms with Gasteiger partial charge in [-0.15, -0.1) is 11.3 Å². The standard InChI is InChI=1S/C55H31N3S/c1-2-19-37-36(18-1)49-38-20-5-11-25-44(38)55(42-23-9-3-15-33(42)34-16-4-10-24-43(34)55)51(49)52-50(37)40-22-7-13-27-46(40)58(52)54-39-21-6-12-26-45(39)56-53(57-54)32-29-30-48-41(31-32)35-17-8-14-28-47(35)59-48/h1-31H. The molecule has 3 nitrogen and oxygen atoms in total. The first kappa shape index (κ1) is 31.7. The van der Waals surface area contributed by atoms with Crippen LogP contribution < -0.4 is 0 Å². The Hall–Kier alpha value is -7.40. The molecular formula is C55H31N3S. The Morgan fingerprint density at radius 3 is 1.80 bits per heavy atom. The first-order valence-electron chi connectivity index (χ1n) is 20.3. The van der Waals surface area contributed by atoms with Crippen LogP contribution in [0.2, 0.25) is 0 Å². The number of para-hydroxylation sites is 2. The molecule has 1 spiro atoms. The highest BCUT2D eigenvalue weighted by Gasteiger charge is 2.53. The van der Waals surface area contributed by atoms with Crippen LogP contribution >= 0.6 is 11.3 Å². The lowest BCUT2D eigenvalue weighted by Gasteiger charge is -2.31. The molecule has 0 saturated heterocycles. The summed E-state index contributed by atoms with van der Waals surface area (Å²) in [6, 6.07) is 69.3. The predicted octanol–water partition coefficient (Wildman–Crippen LogP) is 14.3. The summed E-state index contributed by atoms with van der Waals surface area (Å²) in [5.74, 6) is 1.60. The van der Waals surface area contributed by atoms with Crippen LogP contribution in [0.25, 0.3) is 103 Å². The van der Waals surface area contributed by atoms with Crippen LogP contribution in [-0.4, -0.2) is 14.5 Å². The van der Waals surface area contributed by atoms with Crippen LogP contribution in [0.4, 0.5) is 0 Å². The van der Waals surface area contributed by atoms with Gasteiger partial charge in [0.05, 0.1) is 22.0 Å². The van der Waals surface area contributed by atoms with Crippen molar-refractivity contribution >= 4 is 75.0 Å². The zero-order valence-electron chi connectivity index (χ0n) is 31.6. The van der Waals surface area contributed by atoms with Crippen LogP contribution in [0, 0.1) is 0 Å². The van der Waals surface area contributed by atoms with Gasteiger partial charge in [0, 0.05) is 47.5 Å². The van der Waals surface area contributed by atoms with Crippen molar-refractivity contribution in [3.63, 3.8) is 0 Å². The number of hydrogen-bond acceptors (Lipinski definition) is 3. The number of rotatable bonds is 2. The quantitative estimate of drug-likeness (QED) is 0.175. The number of hydrogen-bond donors (Lipinski definition) is 0. The summed E-state index contributed by atoms with van der Waals surface area (Å²) in [5.41, 5.74) is 14.1. The fourth-order valence-electron chi connectivity index (χ4n) is 11.0. The van der Waals surface area contributed by atoms with Crippen LogP contribution in [0.3, 0.4) is 0 Å². The SMILES string of the molecule is c1ccc2c(c1)-c1ccccc1C21c2ccccc2-c2c1c1c(c3ccccc23)c2ccccc2n1-c1nc(-c2ccc3sc4ccccc4c3c2)nc2ccccc12. The summed E-state index contributed by atoms with van der Waals surface area (Å²) in [6.45, 7) is 0. The molecule has 0 N–H and O–H groups in total. The van der Waals surface area contributed by atoms with E-state index in [0.717, 1.165) is 27.8 Å². The summed E-state index contributed by atoms with van der Waals surface area (Å²) in [5, 5.41) is 8.49. The lowest BCUT2D eigenvalue weighted by Crippen LogP contribution is -2.26. The van der Waals surface area contributed by atoms with Crippen LogP contribution in [0.1, 0.15) is 22.3 Å². The minimum atomic E-state index is -0.565. The van der Waals surface area contributed by atoms with E-state index in [1.165, 1.54) is 91.7 Å². The van der Waals surface area contributed by atoms with Gasteiger partial charge in [-0.05, 0) is 92.2 Å². The molecule has 272 valence electrons. The molecule has 9 aromatic carbocycles. The molecular weight excluding hydrogens is 735 g/mol. The van der Waals surface area contributed by atoms with Crippen molar-refractivity contribution in [1.82, 2.24) is 14.5 Å². The summed E-state index contributed by atoms with van der Waals surface area (Å²) in [4.78, 5) is 11.0. The molecule has 3 heterocycles. The van der Waals surface area contributed by atoms with Crippen LogP contribution in [0.5, 0.6) is 0 Å². The molecule has 0 bridgehead atoms. The monoisotopic (exact) mass is 765 g/mol. The van der Waals surface area contributed by atoms with E-state index in [-0.39, 0.29) is 0 Å². The summed E-state index contributed by atoms with van der Waals surface area (Å²) in [7, 11) is 0. The number of aromatic nitrogens is 3. The molecule has 3 aromatic heterocycles. The molecule has 0 atom stereocenters. The molecule has 2 aliphatic carbocycles. The van der Waals surface area contributed by atoms with Gasteiger partial charge in [0.25, 0.3) is 0 Å². The Kier molecular flexibility index (Phi) is 6.10. The maximum absolute atomic E-state index is 5.70. The molecule has 4 heteroatoms. The third kappa shape index (κ3) is 3.92. The Balaban J connectivity index is 1.20. The maximum atomic E-state index is 5.70. The highest BCUT2D eigenvalue weighted by Crippen LogP contribution is 2.66. The second-order valence-corrected chi connectivity index (χ2v) is 17.0. The van der Waals surface area contributed by atoms with E-state index < -0.39 is 5.41 Å². The number of fused-ring (bicyclic) bond motifs is 21.